The van der Waals surface area contributed by atoms with Gasteiger partial charge >= 0.3 is 0 Å². The van der Waals surface area contributed by atoms with Crippen molar-refractivity contribution in [1.82, 2.24) is 4.90 Å². The van der Waals surface area contributed by atoms with Crippen LogP contribution in [0.5, 0.6) is 0 Å². The molecule has 1 heterocycles. The predicted molar refractivity (Wildman–Crippen MR) is 52.1 cm³/mol. The van der Waals surface area contributed by atoms with Crippen LogP contribution < -0.4 is 0 Å². The molecular formula is C11H13NO. The summed E-state index contributed by atoms with van der Waals surface area (Å²) in [5.74, 6) is 0.527. The van der Waals surface area contributed by atoms with Crippen molar-refractivity contribution in [3.8, 4) is 0 Å². The van der Waals surface area contributed by atoms with Crippen LogP contribution in [0.3, 0.4) is 0 Å². The average molecular weight is 175 g/mol. The highest BCUT2D eigenvalue weighted by Crippen LogP contribution is 2.34. The number of carbonyl (C=O) groups is 1. The predicted octanol–water partition coefficient (Wildman–Crippen LogP) is 1.52. The summed E-state index contributed by atoms with van der Waals surface area (Å²) in [7, 11) is 2.04. The molecule has 13 heavy (non-hydrogen) atoms. The van der Waals surface area contributed by atoms with Gasteiger partial charge in [0.2, 0.25) is 0 Å². The second-order valence-electron chi connectivity index (χ2n) is 3.75. The van der Waals surface area contributed by atoms with Gasteiger partial charge in [-0.25, -0.2) is 0 Å². The Kier molecular flexibility index (Phi) is 1.83. The third-order valence-electron chi connectivity index (χ3n) is 2.63. The van der Waals surface area contributed by atoms with E-state index in [1.54, 1.807) is 0 Å². The van der Waals surface area contributed by atoms with Gasteiger partial charge in [-0.15, -0.1) is 0 Å². The first-order valence-electron chi connectivity index (χ1n) is 4.52. The fourth-order valence-corrected chi connectivity index (χ4v) is 2.01. The lowest BCUT2D eigenvalue weighted by Crippen LogP contribution is -2.26. The standard InChI is InChI=1S/C11H13NO/c1-8-5-12(2)6-11-9(7-13)3-4-10(8)11/h3-4,6-8H,5H2,1-2H3. The number of aldehydes is 1. The number of allylic oxidation sites excluding steroid dienone is 4. The van der Waals surface area contributed by atoms with Crippen LogP contribution in [-0.2, 0) is 4.79 Å². The smallest absolute Gasteiger partial charge is 0.150 e. The lowest BCUT2D eigenvalue weighted by atomic mass is 9.91. The molecule has 0 bridgehead atoms. The van der Waals surface area contributed by atoms with Crippen molar-refractivity contribution in [2.75, 3.05) is 13.6 Å². The first-order valence-corrected chi connectivity index (χ1v) is 4.52. The fourth-order valence-electron chi connectivity index (χ4n) is 2.01. The Balaban J connectivity index is 2.40. The van der Waals surface area contributed by atoms with E-state index in [-0.39, 0.29) is 0 Å². The van der Waals surface area contributed by atoms with Crippen molar-refractivity contribution in [3.05, 3.63) is 35.1 Å². The summed E-state index contributed by atoms with van der Waals surface area (Å²) in [5, 5.41) is 0. The van der Waals surface area contributed by atoms with E-state index < -0.39 is 0 Å². The molecule has 2 heteroatoms. The quantitative estimate of drug-likeness (QED) is 0.563. The molecule has 2 nitrogen and oxygen atoms in total. The normalized spacial score (nSPS) is 26.2. The Bertz CT molecular complexity index is 336. The molecule has 0 radical (unpaired) electrons. The third-order valence-corrected chi connectivity index (χ3v) is 2.63. The lowest BCUT2D eigenvalue weighted by Gasteiger charge is -2.28. The molecule has 2 rings (SSSR count). The van der Waals surface area contributed by atoms with E-state index in [0.29, 0.717) is 5.92 Å². The Morgan fingerprint density at radius 1 is 1.54 bits per heavy atom. The first-order chi connectivity index (χ1) is 6.22. The molecule has 1 atom stereocenters. The molecule has 68 valence electrons. The van der Waals surface area contributed by atoms with Crippen LogP contribution >= 0.6 is 0 Å². The molecule has 0 amide bonds. The van der Waals surface area contributed by atoms with Gasteiger partial charge in [-0.1, -0.05) is 19.1 Å². The molecule has 0 aromatic rings. The van der Waals surface area contributed by atoms with Crippen LogP contribution in [0.2, 0.25) is 0 Å². The van der Waals surface area contributed by atoms with E-state index in [1.807, 2.05) is 13.1 Å². The van der Waals surface area contributed by atoms with Crippen LogP contribution in [0.1, 0.15) is 6.92 Å². The first kappa shape index (κ1) is 8.30. The van der Waals surface area contributed by atoms with Gasteiger partial charge < -0.3 is 4.90 Å². The van der Waals surface area contributed by atoms with Crippen LogP contribution in [0.25, 0.3) is 0 Å². The van der Waals surface area contributed by atoms with E-state index in [1.165, 1.54) is 5.57 Å². The molecule has 1 aliphatic carbocycles. The van der Waals surface area contributed by atoms with Crippen molar-refractivity contribution in [3.63, 3.8) is 0 Å². The Morgan fingerprint density at radius 2 is 2.31 bits per heavy atom. The van der Waals surface area contributed by atoms with Crippen LogP contribution in [0.15, 0.2) is 35.1 Å². The molecule has 0 fully saturated rings. The minimum Gasteiger partial charge on any atom is -0.379 e. The van der Waals surface area contributed by atoms with Crippen molar-refractivity contribution >= 4 is 6.29 Å². The highest BCUT2D eigenvalue weighted by Gasteiger charge is 2.24. The second kappa shape index (κ2) is 2.87. The minimum absolute atomic E-state index is 0.527. The Labute approximate surface area is 78.2 Å². The number of nitrogens with zero attached hydrogens (tertiary/aromatic N) is 1. The Morgan fingerprint density at radius 3 is 3.00 bits per heavy atom. The van der Waals surface area contributed by atoms with Gasteiger partial charge in [0.15, 0.2) is 6.29 Å². The van der Waals surface area contributed by atoms with Gasteiger partial charge in [-0.2, -0.15) is 0 Å². The van der Waals surface area contributed by atoms with Crippen molar-refractivity contribution in [1.29, 1.82) is 0 Å². The number of carbonyl (C=O) groups excluding carboxylic acids is 1. The number of hydrogen-bond donors (Lipinski definition) is 0. The minimum atomic E-state index is 0.527. The van der Waals surface area contributed by atoms with E-state index in [4.69, 9.17) is 0 Å². The highest BCUT2D eigenvalue weighted by molar-refractivity contribution is 5.86. The number of rotatable bonds is 1. The number of fused-ring (bicyclic) bond motifs is 1. The Hall–Kier alpha value is -1.31. The summed E-state index contributed by atoms with van der Waals surface area (Å²) >= 11 is 0. The summed E-state index contributed by atoms with van der Waals surface area (Å²) in [4.78, 5) is 12.9. The average Bonchev–Trinajstić information content (AvgIpc) is 2.47. The van der Waals surface area contributed by atoms with E-state index >= 15 is 0 Å². The maximum atomic E-state index is 10.7. The summed E-state index contributed by atoms with van der Waals surface area (Å²) < 4.78 is 0. The molecule has 0 aromatic heterocycles. The van der Waals surface area contributed by atoms with Gasteiger partial charge in [-0.05, 0) is 11.5 Å². The zero-order valence-electron chi connectivity index (χ0n) is 7.95. The van der Waals surface area contributed by atoms with E-state index in [0.717, 1.165) is 24.0 Å². The van der Waals surface area contributed by atoms with E-state index in [2.05, 4.69) is 24.1 Å². The zero-order valence-corrected chi connectivity index (χ0v) is 7.95. The largest absolute Gasteiger partial charge is 0.379 e. The molecule has 0 spiro atoms. The molecule has 0 N–H and O–H groups in total. The molecule has 0 saturated carbocycles. The van der Waals surface area contributed by atoms with Gasteiger partial charge in [0.05, 0.1) is 0 Å². The molecule has 1 aliphatic heterocycles. The van der Waals surface area contributed by atoms with E-state index in [9.17, 15) is 4.79 Å². The van der Waals surface area contributed by atoms with Crippen molar-refractivity contribution in [2.45, 2.75) is 6.92 Å². The summed E-state index contributed by atoms with van der Waals surface area (Å²) in [6, 6.07) is 0. The van der Waals surface area contributed by atoms with Crippen LogP contribution in [-0.4, -0.2) is 24.8 Å². The maximum absolute atomic E-state index is 10.7. The van der Waals surface area contributed by atoms with Gasteiger partial charge in [-0.3, -0.25) is 4.79 Å². The molecule has 0 aromatic carbocycles. The van der Waals surface area contributed by atoms with Gasteiger partial charge in [0.1, 0.15) is 0 Å². The molecule has 1 unspecified atom stereocenters. The monoisotopic (exact) mass is 175 g/mol. The second-order valence-corrected chi connectivity index (χ2v) is 3.75. The lowest BCUT2D eigenvalue weighted by molar-refractivity contribution is -0.104. The van der Waals surface area contributed by atoms with Crippen LogP contribution in [0.4, 0.5) is 0 Å². The van der Waals surface area contributed by atoms with Gasteiger partial charge in [0.25, 0.3) is 0 Å². The highest BCUT2D eigenvalue weighted by atomic mass is 16.1. The number of hydrogen-bond acceptors (Lipinski definition) is 2. The zero-order chi connectivity index (χ0) is 9.42. The molecule has 0 saturated heterocycles. The van der Waals surface area contributed by atoms with Crippen molar-refractivity contribution < 1.29 is 4.79 Å². The van der Waals surface area contributed by atoms with Crippen LogP contribution in [0, 0.1) is 5.92 Å². The summed E-state index contributed by atoms with van der Waals surface area (Å²) in [5.41, 5.74) is 3.23. The fraction of sp³-hybridized carbons (Fsp3) is 0.364. The molecular weight excluding hydrogens is 162 g/mol. The molecule has 2 aliphatic rings. The van der Waals surface area contributed by atoms with Gasteiger partial charge in [0, 0.05) is 30.9 Å². The SMILES string of the molecule is CC1CN(C)C=C2C(C=O)=CC=C21. The topological polar surface area (TPSA) is 20.3 Å². The third kappa shape index (κ3) is 1.22. The van der Waals surface area contributed by atoms with Crippen molar-refractivity contribution in [2.24, 2.45) is 5.92 Å². The summed E-state index contributed by atoms with van der Waals surface area (Å²) in [6.45, 7) is 3.23. The maximum Gasteiger partial charge on any atom is 0.150 e. The summed E-state index contributed by atoms with van der Waals surface area (Å²) in [6.07, 6.45) is 6.96.